The van der Waals surface area contributed by atoms with Crippen molar-refractivity contribution in [1.29, 1.82) is 0 Å². The van der Waals surface area contributed by atoms with Crippen LogP contribution in [0.4, 0.5) is 0 Å². The first-order chi connectivity index (χ1) is 12.7. The van der Waals surface area contributed by atoms with E-state index in [0.29, 0.717) is 17.4 Å². The Morgan fingerprint density at radius 1 is 1.08 bits per heavy atom. The van der Waals surface area contributed by atoms with Crippen LogP contribution in [0.5, 0.6) is 11.5 Å². The monoisotopic (exact) mass is 389 g/mol. The fourth-order valence-electron chi connectivity index (χ4n) is 2.48. The van der Waals surface area contributed by atoms with E-state index in [0.717, 1.165) is 34.6 Å². The van der Waals surface area contributed by atoms with Gasteiger partial charge in [0.1, 0.15) is 11.5 Å². The first-order valence-corrected chi connectivity index (χ1v) is 9.67. The van der Waals surface area contributed by atoms with Crippen molar-refractivity contribution in [3.8, 4) is 22.9 Å². The number of ether oxygens (including phenoxy) is 2. The summed E-state index contributed by atoms with van der Waals surface area (Å²) in [4.78, 5) is 0. The van der Waals surface area contributed by atoms with Crippen LogP contribution < -0.4 is 9.47 Å². The molecule has 26 heavy (non-hydrogen) atoms. The lowest BCUT2D eigenvalue weighted by Crippen LogP contribution is -2.04. The molecule has 0 amide bonds. The second kappa shape index (κ2) is 8.96. The lowest BCUT2D eigenvalue weighted by molar-refractivity contribution is 0.344. The van der Waals surface area contributed by atoms with E-state index in [1.165, 1.54) is 0 Å². The van der Waals surface area contributed by atoms with E-state index in [2.05, 4.69) is 21.7 Å². The van der Waals surface area contributed by atoms with E-state index in [-0.39, 0.29) is 0 Å². The number of halogens is 1. The van der Waals surface area contributed by atoms with Crippen molar-refractivity contribution in [3.05, 3.63) is 53.6 Å². The predicted molar refractivity (Wildman–Crippen MR) is 105 cm³/mol. The number of nitrogens with zero attached hydrogens (tertiary/aromatic N) is 3. The van der Waals surface area contributed by atoms with E-state index in [4.69, 9.17) is 21.1 Å². The molecule has 0 atom stereocenters. The molecule has 0 radical (unpaired) electrons. The van der Waals surface area contributed by atoms with Gasteiger partial charge in [-0.05, 0) is 43.3 Å². The molecular formula is C19H20ClN3O2S. The molecule has 0 bridgehead atoms. The lowest BCUT2D eigenvalue weighted by atomic mass is 10.2. The first kappa shape index (κ1) is 18.6. The number of aromatic nitrogens is 3. The van der Waals surface area contributed by atoms with E-state index >= 15 is 0 Å². The maximum absolute atomic E-state index is 6.09. The Morgan fingerprint density at radius 3 is 2.54 bits per heavy atom. The van der Waals surface area contributed by atoms with Crippen molar-refractivity contribution in [2.45, 2.75) is 18.6 Å². The maximum Gasteiger partial charge on any atom is 0.191 e. The van der Waals surface area contributed by atoms with Crippen LogP contribution in [0.3, 0.4) is 0 Å². The molecule has 3 aromatic rings. The van der Waals surface area contributed by atoms with Crippen molar-refractivity contribution < 1.29 is 9.47 Å². The number of hydrogen-bond donors (Lipinski definition) is 0. The molecule has 0 spiro atoms. The quantitative estimate of drug-likeness (QED) is 0.409. The molecule has 136 valence electrons. The van der Waals surface area contributed by atoms with Crippen molar-refractivity contribution in [1.82, 2.24) is 14.8 Å². The summed E-state index contributed by atoms with van der Waals surface area (Å²) in [5.41, 5.74) is 1.01. The molecule has 3 rings (SSSR count). The van der Waals surface area contributed by atoms with Gasteiger partial charge < -0.3 is 14.0 Å². The SMILES string of the molecule is CCn1c(SCCOc2ccccc2Cl)nnc1-c1ccc(OC)cc1. The zero-order chi connectivity index (χ0) is 18.4. The molecule has 0 aliphatic rings. The zero-order valence-corrected chi connectivity index (χ0v) is 16.3. The van der Waals surface area contributed by atoms with E-state index in [9.17, 15) is 0 Å². The van der Waals surface area contributed by atoms with Gasteiger partial charge in [0, 0.05) is 17.9 Å². The van der Waals surface area contributed by atoms with Gasteiger partial charge in [-0.3, -0.25) is 0 Å². The Balaban J connectivity index is 1.63. The van der Waals surface area contributed by atoms with Crippen LogP contribution in [0.15, 0.2) is 53.7 Å². The number of hydrogen-bond acceptors (Lipinski definition) is 5. The summed E-state index contributed by atoms with van der Waals surface area (Å²) < 4.78 is 13.0. The Morgan fingerprint density at radius 2 is 1.85 bits per heavy atom. The molecule has 1 aromatic heterocycles. The van der Waals surface area contributed by atoms with Gasteiger partial charge >= 0.3 is 0 Å². The summed E-state index contributed by atoms with van der Waals surface area (Å²) in [5.74, 6) is 3.13. The second-order valence-corrected chi connectivity index (χ2v) is 6.88. The van der Waals surface area contributed by atoms with Gasteiger partial charge in [-0.15, -0.1) is 10.2 Å². The van der Waals surface area contributed by atoms with Crippen LogP contribution in [-0.2, 0) is 6.54 Å². The van der Waals surface area contributed by atoms with Crippen molar-refractivity contribution >= 4 is 23.4 Å². The molecule has 0 unspecified atom stereocenters. The van der Waals surface area contributed by atoms with Gasteiger partial charge in [-0.2, -0.15) is 0 Å². The summed E-state index contributed by atoms with van der Waals surface area (Å²) in [7, 11) is 1.66. The Kier molecular flexibility index (Phi) is 6.41. The van der Waals surface area contributed by atoms with Gasteiger partial charge in [-0.25, -0.2) is 0 Å². The van der Waals surface area contributed by atoms with Crippen molar-refractivity contribution in [3.63, 3.8) is 0 Å². The average Bonchev–Trinajstić information content (AvgIpc) is 3.09. The maximum atomic E-state index is 6.09. The first-order valence-electron chi connectivity index (χ1n) is 8.30. The second-order valence-electron chi connectivity index (χ2n) is 5.41. The van der Waals surface area contributed by atoms with Crippen molar-refractivity contribution in [2.24, 2.45) is 0 Å². The number of methoxy groups -OCH3 is 1. The number of para-hydroxylation sites is 1. The molecule has 0 saturated carbocycles. The highest BCUT2D eigenvalue weighted by Crippen LogP contribution is 2.26. The largest absolute Gasteiger partial charge is 0.497 e. The minimum absolute atomic E-state index is 0.544. The molecule has 0 saturated heterocycles. The number of benzene rings is 2. The smallest absolute Gasteiger partial charge is 0.191 e. The lowest BCUT2D eigenvalue weighted by Gasteiger charge is -2.09. The number of rotatable bonds is 8. The van der Waals surface area contributed by atoms with Crippen LogP contribution >= 0.6 is 23.4 Å². The fraction of sp³-hybridized carbons (Fsp3) is 0.263. The predicted octanol–water partition coefficient (Wildman–Crippen LogP) is 4.80. The van der Waals surface area contributed by atoms with E-state index in [1.54, 1.807) is 18.9 Å². The Hall–Kier alpha value is -2.18. The van der Waals surface area contributed by atoms with Crippen LogP contribution in [-0.4, -0.2) is 34.2 Å². The molecule has 5 nitrogen and oxygen atoms in total. The third-order valence-electron chi connectivity index (χ3n) is 3.79. The normalized spacial score (nSPS) is 10.7. The summed E-state index contributed by atoms with van der Waals surface area (Å²) in [6, 6.07) is 15.3. The standard InChI is InChI=1S/C19H20ClN3O2S/c1-3-23-18(14-8-10-15(24-2)11-9-14)21-22-19(23)26-13-12-25-17-7-5-4-6-16(17)20/h4-11H,3,12-13H2,1-2H3. The third kappa shape index (κ3) is 4.31. The van der Waals surface area contributed by atoms with Crippen LogP contribution in [0.25, 0.3) is 11.4 Å². The minimum Gasteiger partial charge on any atom is -0.497 e. The van der Waals surface area contributed by atoms with Gasteiger partial charge in [0.25, 0.3) is 0 Å². The summed E-state index contributed by atoms with van der Waals surface area (Å²) in [6.07, 6.45) is 0. The highest BCUT2D eigenvalue weighted by molar-refractivity contribution is 7.99. The average molecular weight is 390 g/mol. The molecule has 0 aliphatic carbocycles. The topological polar surface area (TPSA) is 49.2 Å². The molecule has 2 aromatic carbocycles. The van der Waals surface area contributed by atoms with Gasteiger partial charge in [0.2, 0.25) is 0 Å². The summed E-state index contributed by atoms with van der Waals surface area (Å²) in [5, 5.41) is 10.2. The number of thioether (sulfide) groups is 1. The highest BCUT2D eigenvalue weighted by atomic mass is 35.5. The summed E-state index contributed by atoms with van der Waals surface area (Å²) in [6.45, 7) is 3.42. The Labute approximate surface area is 162 Å². The van der Waals surface area contributed by atoms with Crippen LogP contribution in [0.2, 0.25) is 5.02 Å². The van der Waals surface area contributed by atoms with Crippen molar-refractivity contribution in [2.75, 3.05) is 19.5 Å². The van der Waals surface area contributed by atoms with Crippen LogP contribution in [0.1, 0.15) is 6.92 Å². The molecule has 0 fully saturated rings. The summed E-state index contributed by atoms with van der Waals surface area (Å²) >= 11 is 7.71. The molecule has 0 aliphatic heterocycles. The highest BCUT2D eigenvalue weighted by Gasteiger charge is 2.13. The van der Waals surface area contributed by atoms with Gasteiger partial charge in [-0.1, -0.05) is 35.5 Å². The fourth-order valence-corrected chi connectivity index (χ4v) is 3.49. The van der Waals surface area contributed by atoms with Crippen LogP contribution in [0, 0.1) is 0 Å². The van der Waals surface area contributed by atoms with E-state index in [1.807, 2.05) is 48.5 Å². The zero-order valence-electron chi connectivity index (χ0n) is 14.7. The van der Waals surface area contributed by atoms with Gasteiger partial charge in [0.15, 0.2) is 11.0 Å². The molecular weight excluding hydrogens is 370 g/mol. The molecule has 0 N–H and O–H groups in total. The minimum atomic E-state index is 0.544. The third-order valence-corrected chi connectivity index (χ3v) is 5.03. The molecule has 1 heterocycles. The Bertz CT molecular complexity index is 852. The van der Waals surface area contributed by atoms with Gasteiger partial charge in [0.05, 0.1) is 18.7 Å². The molecule has 7 heteroatoms. The van der Waals surface area contributed by atoms with E-state index < -0.39 is 0 Å².